The van der Waals surface area contributed by atoms with Crippen LogP contribution in [0.3, 0.4) is 0 Å². The molecule has 0 heterocycles. The van der Waals surface area contributed by atoms with E-state index in [0.29, 0.717) is 12.0 Å². The van der Waals surface area contributed by atoms with Crippen LogP contribution < -0.4 is 0 Å². The number of ketones is 1. The van der Waals surface area contributed by atoms with Gasteiger partial charge in [0.05, 0.1) is 0 Å². The van der Waals surface area contributed by atoms with Crippen LogP contribution in [0.1, 0.15) is 43.5 Å². The summed E-state index contributed by atoms with van der Waals surface area (Å²) in [7, 11) is 0. The summed E-state index contributed by atoms with van der Waals surface area (Å²) in [5, 5.41) is 0. The average molecular weight is 284 g/mol. The molecule has 0 bridgehead atoms. The van der Waals surface area contributed by atoms with Crippen LogP contribution in [0, 0.1) is 5.92 Å². The minimum atomic E-state index is -4.56. The summed E-state index contributed by atoms with van der Waals surface area (Å²) in [5.74, 6) is -2.95. The van der Waals surface area contributed by atoms with Crippen molar-refractivity contribution >= 4 is 5.78 Å². The number of benzene rings is 1. The monoisotopic (exact) mass is 284 g/mol. The molecule has 1 nitrogen and oxygen atoms in total. The maximum atomic E-state index is 13.1. The van der Waals surface area contributed by atoms with Crippen LogP contribution in [0.15, 0.2) is 42.0 Å². The molecule has 1 atom stereocenters. The van der Waals surface area contributed by atoms with Crippen molar-refractivity contribution in [3.8, 4) is 0 Å². The topological polar surface area (TPSA) is 17.1 Å². The third kappa shape index (κ3) is 4.83. The Labute approximate surface area is 117 Å². The summed E-state index contributed by atoms with van der Waals surface area (Å²) in [6, 6.07) is 7.62. The van der Waals surface area contributed by atoms with Crippen molar-refractivity contribution in [3.05, 3.63) is 47.5 Å². The lowest BCUT2D eigenvalue weighted by atomic mass is 9.94. The van der Waals surface area contributed by atoms with Crippen LogP contribution in [0.2, 0.25) is 0 Å². The zero-order valence-electron chi connectivity index (χ0n) is 11.7. The average Bonchev–Trinajstić information content (AvgIpc) is 2.41. The largest absolute Gasteiger partial charge is 0.402 e. The lowest BCUT2D eigenvalue weighted by Gasteiger charge is -2.17. The lowest BCUT2D eigenvalue weighted by Crippen LogP contribution is -2.29. The van der Waals surface area contributed by atoms with Crippen molar-refractivity contribution in [2.45, 2.75) is 39.3 Å². The van der Waals surface area contributed by atoms with Crippen LogP contribution >= 0.6 is 0 Å². The third-order valence-corrected chi connectivity index (χ3v) is 3.07. The molecule has 1 aromatic carbocycles. The van der Waals surface area contributed by atoms with Gasteiger partial charge in [-0.05, 0) is 19.8 Å². The van der Waals surface area contributed by atoms with Gasteiger partial charge in [-0.1, -0.05) is 55.3 Å². The van der Waals surface area contributed by atoms with E-state index in [1.165, 1.54) is 12.1 Å². The molecule has 4 heteroatoms. The van der Waals surface area contributed by atoms with Gasteiger partial charge in [-0.25, -0.2) is 0 Å². The first kappa shape index (κ1) is 16.5. The molecule has 1 unspecified atom stereocenters. The number of halogens is 3. The molecule has 0 aromatic heterocycles. The van der Waals surface area contributed by atoms with Gasteiger partial charge >= 0.3 is 6.18 Å². The highest BCUT2D eigenvalue weighted by atomic mass is 19.4. The standard InChI is InChI=1S/C16H19F3O/c1-3-4-8-12(2)11-14(16(17,18)19)15(20)13-9-6-5-7-10-13/h5-7,9-11,14H,3-4,8H2,1-2H3. The van der Waals surface area contributed by atoms with Crippen molar-refractivity contribution in [1.82, 2.24) is 0 Å². The van der Waals surface area contributed by atoms with Crippen LogP contribution in [0.5, 0.6) is 0 Å². The number of rotatable bonds is 6. The molecule has 0 spiro atoms. The van der Waals surface area contributed by atoms with E-state index in [0.717, 1.165) is 18.9 Å². The van der Waals surface area contributed by atoms with E-state index < -0.39 is 17.9 Å². The van der Waals surface area contributed by atoms with E-state index in [4.69, 9.17) is 0 Å². The second kappa shape index (κ2) is 7.27. The smallest absolute Gasteiger partial charge is 0.293 e. The van der Waals surface area contributed by atoms with E-state index in [1.54, 1.807) is 25.1 Å². The Balaban J connectivity index is 2.99. The molecule has 1 aromatic rings. The molecule has 0 N–H and O–H groups in total. The fourth-order valence-electron chi connectivity index (χ4n) is 1.92. The van der Waals surface area contributed by atoms with Gasteiger partial charge in [0.2, 0.25) is 0 Å². The molecule has 20 heavy (non-hydrogen) atoms. The van der Waals surface area contributed by atoms with Gasteiger partial charge < -0.3 is 0 Å². The Morgan fingerprint density at radius 3 is 2.35 bits per heavy atom. The Morgan fingerprint density at radius 2 is 1.85 bits per heavy atom. The van der Waals surface area contributed by atoms with Crippen molar-refractivity contribution in [1.29, 1.82) is 0 Å². The number of hydrogen-bond donors (Lipinski definition) is 0. The third-order valence-electron chi connectivity index (χ3n) is 3.07. The summed E-state index contributed by atoms with van der Waals surface area (Å²) in [6.07, 6.45) is -1.17. The van der Waals surface area contributed by atoms with Crippen LogP contribution in [-0.4, -0.2) is 12.0 Å². The molecule has 0 fully saturated rings. The quantitative estimate of drug-likeness (QED) is 0.519. The normalized spacial score (nSPS) is 14.2. The Kier molecular flexibility index (Phi) is 5.99. The van der Waals surface area contributed by atoms with E-state index in [2.05, 4.69) is 0 Å². The van der Waals surface area contributed by atoms with Crippen molar-refractivity contribution < 1.29 is 18.0 Å². The number of carbonyl (C=O) groups is 1. The highest BCUT2D eigenvalue weighted by Crippen LogP contribution is 2.31. The number of allylic oxidation sites excluding steroid dienone is 2. The maximum absolute atomic E-state index is 13.1. The molecule has 0 amide bonds. The van der Waals surface area contributed by atoms with Gasteiger partial charge in [-0.15, -0.1) is 0 Å². The molecule has 0 saturated carbocycles. The molecular weight excluding hydrogens is 265 g/mol. The minimum Gasteiger partial charge on any atom is -0.293 e. The van der Waals surface area contributed by atoms with Crippen molar-refractivity contribution in [2.24, 2.45) is 5.92 Å². The van der Waals surface area contributed by atoms with E-state index in [9.17, 15) is 18.0 Å². The molecule has 0 aliphatic rings. The Morgan fingerprint density at radius 1 is 1.25 bits per heavy atom. The number of carbonyl (C=O) groups excluding carboxylic acids is 1. The highest BCUT2D eigenvalue weighted by molar-refractivity contribution is 5.99. The molecular formula is C16H19F3O. The lowest BCUT2D eigenvalue weighted by molar-refractivity contribution is -0.148. The van der Waals surface area contributed by atoms with Gasteiger partial charge in [0.15, 0.2) is 5.78 Å². The van der Waals surface area contributed by atoms with Gasteiger partial charge in [-0.2, -0.15) is 13.2 Å². The fourth-order valence-corrected chi connectivity index (χ4v) is 1.92. The van der Waals surface area contributed by atoms with Gasteiger partial charge in [-0.3, -0.25) is 4.79 Å². The molecule has 0 saturated heterocycles. The first-order valence-electron chi connectivity index (χ1n) is 6.69. The van der Waals surface area contributed by atoms with Gasteiger partial charge in [0.25, 0.3) is 0 Å². The van der Waals surface area contributed by atoms with Crippen molar-refractivity contribution in [2.75, 3.05) is 0 Å². The number of Topliss-reactive ketones (excluding diaryl/α,β-unsaturated/α-hetero) is 1. The number of hydrogen-bond acceptors (Lipinski definition) is 1. The first-order valence-corrected chi connectivity index (χ1v) is 6.69. The summed E-state index contributed by atoms with van der Waals surface area (Å²) in [6.45, 7) is 3.62. The van der Waals surface area contributed by atoms with E-state index >= 15 is 0 Å². The minimum absolute atomic E-state index is 0.0920. The predicted molar refractivity (Wildman–Crippen MR) is 73.6 cm³/mol. The summed E-state index contributed by atoms with van der Waals surface area (Å²) in [4.78, 5) is 12.0. The molecule has 0 aliphatic heterocycles. The van der Waals surface area contributed by atoms with Crippen LogP contribution in [0.4, 0.5) is 13.2 Å². The van der Waals surface area contributed by atoms with Crippen LogP contribution in [0.25, 0.3) is 0 Å². The Bertz CT molecular complexity index is 460. The molecule has 1 rings (SSSR count). The first-order chi connectivity index (χ1) is 9.36. The zero-order valence-corrected chi connectivity index (χ0v) is 11.7. The van der Waals surface area contributed by atoms with Crippen molar-refractivity contribution in [3.63, 3.8) is 0 Å². The summed E-state index contributed by atoms with van der Waals surface area (Å²) in [5.41, 5.74) is 0.702. The molecule has 110 valence electrons. The maximum Gasteiger partial charge on any atom is 0.402 e. The number of unbranched alkanes of at least 4 members (excludes halogenated alkanes) is 1. The number of alkyl halides is 3. The highest BCUT2D eigenvalue weighted by Gasteiger charge is 2.43. The van der Waals surface area contributed by atoms with Gasteiger partial charge in [0, 0.05) is 5.56 Å². The SMILES string of the molecule is CCCCC(C)=CC(C(=O)c1ccccc1)C(F)(F)F. The van der Waals surface area contributed by atoms with E-state index in [-0.39, 0.29) is 5.56 Å². The second-order valence-electron chi connectivity index (χ2n) is 4.87. The second-order valence-corrected chi connectivity index (χ2v) is 4.87. The fraction of sp³-hybridized carbons (Fsp3) is 0.438. The zero-order chi connectivity index (χ0) is 15.2. The Hall–Kier alpha value is -1.58. The molecule has 0 aliphatic carbocycles. The summed E-state index contributed by atoms with van der Waals surface area (Å²) >= 11 is 0. The predicted octanol–water partition coefficient (Wildman–Crippen LogP) is 5.18. The van der Waals surface area contributed by atoms with Crippen LogP contribution in [-0.2, 0) is 0 Å². The van der Waals surface area contributed by atoms with Gasteiger partial charge in [0.1, 0.15) is 5.92 Å². The summed E-state index contributed by atoms with van der Waals surface area (Å²) < 4.78 is 39.2. The van der Waals surface area contributed by atoms with E-state index in [1.807, 2.05) is 6.92 Å². The molecule has 0 radical (unpaired) electrons.